The van der Waals surface area contributed by atoms with Gasteiger partial charge in [-0.25, -0.2) is 9.37 Å². The van der Waals surface area contributed by atoms with Crippen LogP contribution in [0.15, 0.2) is 29.6 Å². The van der Waals surface area contributed by atoms with Crippen molar-refractivity contribution in [2.45, 2.75) is 12.8 Å². The lowest BCUT2D eigenvalue weighted by Crippen LogP contribution is -2.10. The van der Waals surface area contributed by atoms with E-state index in [1.54, 1.807) is 12.1 Å². The highest BCUT2D eigenvalue weighted by Crippen LogP contribution is 2.27. The zero-order valence-electron chi connectivity index (χ0n) is 10.0. The molecule has 1 N–H and O–H groups in total. The number of thiazole rings is 1. The molecule has 1 aromatic heterocycles. The predicted molar refractivity (Wildman–Crippen MR) is 72.2 cm³/mol. The number of hydrogen-bond donors (Lipinski definition) is 1. The Morgan fingerprint density at radius 1 is 1.39 bits per heavy atom. The average molecular weight is 262 g/mol. The lowest BCUT2D eigenvalue weighted by Gasteiger charge is -2.04. The van der Waals surface area contributed by atoms with Gasteiger partial charge in [0.05, 0.1) is 5.69 Å². The van der Waals surface area contributed by atoms with Crippen molar-refractivity contribution in [1.29, 1.82) is 0 Å². The van der Waals surface area contributed by atoms with E-state index in [4.69, 9.17) is 0 Å². The van der Waals surface area contributed by atoms with Gasteiger partial charge in [0.2, 0.25) is 0 Å². The van der Waals surface area contributed by atoms with Crippen LogP contribution < -0.4 is 5.32 Å². The van der Waals surface area contributed by atoms with Crippen molar-refractivity contribution >= 4 is 11.3 Å². The molecule has 0 radical (unpaired) electrons. The van der Waals surface area contributed by atoms with E-state index in [0.29, 0.717) is 11.5 Å². The number of rotatable bonds is 3. The molecule has 94 valence electrons. The molecule has 0 aliphatic carbocycles. The van der Waals surface area contributed by atoms with Gasteiger partial charge in [-0.3, -0.25) is 0 Å². The van der Waals surface area contributed by atoms with Gasteiger partial charge in [0, 0.05) is 10.9 Å². The van der Waals surface area contributed by atoms with Gasteiger partial charge < -0.3 is 5.32 Å². The van der Waals surface area contributed by atoms with Gasteiger partial charge in [-0.15, -0.1) is 11.3 Å². The van der Waals surface area contributed by atoms with Gasteiger partial charge in [-0.2, -0.15) is 0 Å². The minimum absolute atomic E-state index is 0.194. The summed E-state index contributed by atoms with van der Waals surface area (Å²) in [7, 11) is 0. The number of hydrogen-bond acceptors (Lipinski definition) is 3. The molecule has 1 saturated heterocycles. The SMILES string of the molecule is Fc1ccccc1-c1nc(CC2CCNC2)cs1. The fraction of sp³-hybridized carbons (Fsp3) is 0.357. The standard InChI is InChI=1S/C14H15FN2S/c15-13-4-2-1-3-12(13)14-17-11(9-18-14)7-10-5-6-16-8-10/h1-4,9-10,16H,5-8H2. The Kier molecular flexibility index (Phi) is 3.39. The van der Waals surface area contributed by atoms with Gasteiger partial charge in [0.15, 0.2) is 0 Å². The highest BCUT2D eigenvalue weighted by atomic mass is 32.1. The van der Waals surface area contributed by atoms with E-state index in [1.807, 2.05) is 6.07 Å². The first-order chi connectivity index (χ1) is 8.83. The number of nitrogens with zero attached hydrogens (tertiary/aromatic N) is 1. The van der Waals surface area contributed by atoms with E-state index in [2.05, 4.69) is 15.7 Å². The fourth-order valence-electron chi connectivity index (χ4n) is 2.34. The summed E-state index contributed by atoms with van der Waals surface area (Å²) < 4.78 is 13.6. The van der Waals surface area contributed by atoms with Crippen molar-refractivity contribution in [3.63, 3.8) is 0 Å². The number of halogens is 1. The smallest absolute Gasteiger partial charge is 0.133 e. The molecule has 1 aliphatic heterocycles. The van der Waals surface area contributed by atoms with E-state index in [1.165, 1.54) is 23.8 Å². The number of nitrogens with one attached hydrogen (secondary N) is 1. The molecule has 1 unspecified atom stereocenters. The maximum atomic E-state index is 13.6. The molecule has 1 aliphatic rings. The Labute approximate surface area is 110 Å². The van der Waals surface area contributed by atoms with Crippen LogP contribution in [0.25, 0.3) is 10.6 Å². The first-order valence-electron chi connectivity index (χ1n) is 6.23. The summed E-state index contributed by atoms with van der Waals surface area (Å²) in [6.45, 7) is 2.18. The molecular weight excluding hydrogens is 247 g/mol. The van der Waals surface area contributed by atoms with Crippen LogP contribution in [0, 0.1) is 11.7 Å². The molecule has 3 rings (SSSR count). The number of aromatic nitrogens is 1. The summed E-state index contributed by atoms with van der Waals surface area (Å²) in [5.41, 5.74) is 1.70. The lowest BCUT2D eigenvalue weighted by molar-refractivity contribution is 0.573. The molecule has 0 saturated carbocycles. The van der Waals surface area contributed by atoms with Crippen molar-refractivity contribution < 1.29 is 4.39 Å². The third-order valence-electron chi connectivity index (χ3n) is 3.32. The molecule has 1 atom stereocenters. The topological polar surface area (TPSA) is 24.9 Å². The van der Waals surface area contributed by atoms with Crippen LogP contribution in [-0.2, 0) is 6.42 Å². The second-order valence-electron chi connectivity index (χ2n) is 4.69. The molecule has 18 heavy (non-hydrogen) atoms. The quantitative estimate of drug-likeness (QED) is 0.919. The summed E-state index contributed by atoms with van der Waals surface area (Å²) in [5, 5.41) is 6.20. The minimum atomic E-state index is -0.194. The van der Waals surface area contributed by atoms with E-state index in [9.17, 15) is 4.39 Å². The van der Waals surface area contributed by atoms with Gasteiger partial charge >= 0.3 is 0 Å². The summed E-state index contributed by atoms with van der Waals surface area (Å²) in [5.74, 6) is 0.488. The van der Waals surface area contributed by atoms with Crippen molar-refractivity contribution in [3.8, 4) is 10.6 Å². The Morgan fingerprint density at radius 3 is 3.06 bits per heavy atom. The monoisotopic (exact) mass is 262 g/mol. The molecule has 4 heteroatoms. The molecule has 0 amide bonds. The highest BCUT2D eigenvalue weighted by Gasteiger charge is 2.17. The molecule has 2 aromatic rings. The zero-order chi connectivity index (χ0) is 12.4. The third kappa shape index (κ3) is 2.44. The van der Waals surface area contributed by atoms with Crippen LogP contribution in [0.5, 0.6) is 0 Å². The molecule has 2 nitrogen and oxygen atoms in total. The van der Waals surface area contributed by atoms with Crippen molar-refractivity contribution in [2.75, 3.05) is 13.1 Å². The lowest BCUT2D eigenvalue weighted by atomic mass is 10.0. The van der Waals surface area contributed by atoms with Crippen molar-refractivity contribution in [3.05, 3.63) is 41.2 Å². The minimum Gasteiger partial charge on any atom is -0.316 e. The van der Waals surface area contributed by atoms with Crippen LogP contribution in [0.3, 0.4) is 0 Å². The van der Waals surface area contributed by atoms with E-state index in [-0.39, 0.29) is 5.82 Å². The van der Waals surface area contributed by atoms with Gasteiger partial charge in [-0.05, 0) is 44.0 Å². The maximum Gasteiger partial charge on any atom is 0.133 e. The summed E-state index contributed by atoms with van der Waals surface area (Å²) in [6, 6.07) is 6.82. The molecule has 1 aromatic carbocycles. The second kappa shape index (κ2) is 5.16. The van der Waals surface area contributed by atoms with Gasteiger partial charge in [0.25, 0.3) is 0 Å². The molecular formula is C14H15FN2S. The van der Waals surface area contributed by atoms with Crippen molar-refractivity contribution in [1.82, 2.24) is 10.3 Å². The van der Waals surface area contributed by atoms with Crippen LogP contribution in [0.4, 0.5) is 4.39 Å². The molecule has 0 bridgehead atoms. The van der Waals surface area contributed by atoms with Crippen LogP contribution in [-0.4, -0.2) is 18.1 Å². The van der Waals surface area contributed by atoms with Gasteiger partial charge in [-0.1, -0.05) is 12.1 Å². The Bertz CT molecular complexity index is 532. The summed E-state index contributed by atoms with van der Waals surface area (Å²) in [4.78, 5) is 4.56. The predicted octanol–water partition coefficient (Wildman–Crippen LogP) is 3.10. The first-order valence-corrected chi connectivity index (χ1v) is 7.11. The van der Waals surface area contributed by atoms with Crippen LogP contribution >= 0.6 is 11.3 Å². The summed E-state index contributed by atoms with van der Waals surface area (Å²) >= 11 is 1.53. The van der Waals surface area contributed by atoms with Crippen LogP contribution in [0.1, 0.15) is 12.1 Å². The average Bonchev–Trinajstić information content (AvgIpc) is 3.02. The Balaban J connectivity index is 1.79. The fourth-order valence-corrected chi connectivity index (χ4v) is 3.20. The van der Waals surface area contributed by atoms with Crippen molar-refractivity contribution in [2.24, 2.45) is 5.92 Å². The molecule has 0 spiro atoms. The number of benzene rings is 1. The zero-order valence-corrected chi connectivity index (χ0v) is 10.8. The second-order valence-corrected chi connectivity index (χ2v) is 5.54. The normalized spacial score (nSPS) is 19.3. The van der Waals surface area contributed by atoms with E-state index < -0.39 is 0 Å². The van der Waals surface area contributed by atoms with E-state index >= 15 is 0 Å². The van der Waals surface area contributed by atoms with E-state index in [0.717, 1.165) is 30.2 Å². The summed E-state index contributed by atoms with van der Waals surface area (Å²) in [6.07, 6.45) is 2.21. The Hall–Kier alpha value is -1.26. The van der Waals surface area contributed by atoms with Gasteiger partial charge in [0.1, 0.15) is 10.8 Å². The Morgan fingerprint density at radius 2 is 2.28 bits per heavy atom. The van der Waals surface area contributed by atoms with Crippen LogP contribution in [0.2, 0.25) is 0 Å². The molecule has 2 heterocycles. The maximum absolute atomic E-state index is 13.6. The first kappa shape index (κ1) is 11.8. The largest absolute Gasteiger partial charge is 0.316 e. The highest BCUT2D eigenvalue weighted by molar-refractivity contribution is 7.13. The molecule has 1 fully saturated rings. The third-order valence-corrected chi connectivity index (χ3v) is 4.24.